The first-order valence-electron chi connectivity index (χ1n) is 8.36. The van der Waals surface area contributed by atoms with Crippen molar-refractivity contribution in [3.8, 4) is 0 Å². The van der Waals surface area contributed by atoms with Crippen LogP contribution in [0.2, 0.25) is 0 Å². The SMILES string of the molecule is C=C(C)C(O)CCC(C)=CCCC(C)=CCOC(=O)C(C)(C)C. The number of carbonyl (C=O) groups excluding carboxylic acids is 1. The van der Waals surface area contributed by atoms with E-state index in [9.17, 15) is 9.90 Å². The maximum Gasteiger partial charge on any atom is 0.311 e. The lowest BCUT2D eigenvalue weighted by Crippen LogP contribution is -2.22. The van der Waals surface area contributed by atoms with E-state index in [-0.39, 0.29) is 5.97 Å². The van der Waals surface area contributed by atoms with Crippen molar-refractivity contribution >= 4 is 5.97 Å². The van der Waals surface area contributed by atoms with E-state index < -0.39 is 11.5 Å². The number of hydrogen-bond donors (Lipinski definition) is 1. The second kappa shape index (κ2) is 10.4. The number of esters is 1. The molecule has 0 aliphatic rings. The Kier molecular flexibility index (Phi) is 9.82. The van der Waals surface area contributed by atoms with Gasteiger partial charge in [0.15, 0.2) is 0 Å². The number of aliphatic hydroxyl groups excluding tert-OH is 1. The van der Waals surface area contributed by atoms with Gasteiger partial charge in [-0.05, 0) is 73.3 Å². The molecule has 1 atom stereocenters. The third-order valence-electron chi connectivity index (χ3n) is 3.67. The molecule has 0 fully saturated rings. The Morgan fingerprint density at radius 2 is 1.70 bits per heavy atom. The van der Waals surface area contributed by atoms with Crippen LogP contribution >= 0.6 is 0 Å². The molecule has 0 saturated heterocycles. The Hall–Kier alpha value is -1.35. The van der Waals surface area contributed by atoms with Crippen LogP contribution in [-0.2, 0) is 9.53 Å². The quantitative estimate of drug-likeness (QED) is 0.482. The van der Waals surface area contributed by atoms with Crippen LogP contribution in [0.1, 0.15) is 67.2 Å². The van der Waals surface area contributed by atoms with E-state index in [2.05, 4.69) is 26.5 Å². The van der Waals surface area contributed by atoms with Gasteiger partial charge in [-0.2, -0.15) is 0 Å². The predicted octanol–water partition coefficient (Wildman–Crippen LogP) is 4.97. The van der Waals surface area contributed by atoms with Crippen LogP contribution in [0.5, 0.6) is 0 Å². The summed E-state index contributed by atoms with van der Waals surface area (Å²) in [5, 5.41) is 9.71. The number of rotatable bonds is 9. The highest BCUT2D eigenvalue weighted by Crippen LogP contribution is 2.16. The number of hydrogen-bond acceptors (Lipinski definition) is 3. The summed E-state index contributed by atoms with van der Waals surface area (Å²) in [6.45, 7) is 15.7. The molecule has 23 heavy (non-hydrogen) atoms. The van der Waals surface area contributed by atoms with Gasteiger partial charge in [-0.25, -0.2) is 0 Å². The minimum atomic E-state index is -0.448. The van der Waals surface area contributed by atoms with E-state index in [1.807, 2.05) is 33.8 Å². The van der Waals surface area contributed by atoms with Crippen molar-refractivity contribution in [2.45, 2.75) is 73.3 Å². The van der Waals surface area contributed by atoms with Crippen molar-refractivity contribution in [2.24, 2.45) is 5.41 Å². The summed E-state index contributed by atoms with van der Waals surface area (Å²) < 4.78 is 5.23. The molecule has 0 radical (unpaired) electrons. The van der Waals surface area contributed by atoms with E-state index in [0.29, 0.717) is 6.61 Å². The third kappa shape index (κ3) is 10.9. The average Bonchev–Trinajstić information content (AvgIpc) is 2.43. The maximum atomic E-state index is 11.6. The Balaban J connectivity index is 4.06. The highest BCUT2D eigenvalue weighted by atomic mass is 16.5. The van der Waals surface area contributed by atoms with Crippen LogP contribution in [0.4, 0.5) is 0 Å². The number of carbonyl (C=O) groups is 1. The smallest absolute Gasteiger partial charge is 0.311 e. The summed E-state index contributed by atoms with van der Waals surface area (Å²) in [4.78, 5) is 11.6. The Morgan fingerprint density at radius 3 is 2.22 bits per heavy atom. The Morgan fingerprint density at radius 1 is 1.13 bits per heavy atom. The predicted molar refractivity (Wildman–Crippen MR) is 97.2 cm³/mol. The van der Waals surface area contributed by atoms with E-state index in [1.165, 1.54) is 11.1 Å². The summed E-state index contributed by atoms with van der Waals surface area (Å²) in [5.41, 5.74) is 2.88. The summed E-state index contributed by atoms with van der Waals surface area (Å²) >= 11 is 0. The van der Waals surface area contributed by atoms with Crippen molar-refractivity contribution in [1.29, 1.82) is 0 Å². The van der Waals surface area contributed by atoms with Crippen molar-refractivity contribution in [3.63, 3.8) is 0 Å². The van der Waals surface area contributed by atoms with Gasteiger partial charge in [-0.3, -0.25) is 4.79 Å². The molecule has 0 aromatic rings. The lowest BCUT2D eigenvalue weighted by molar-refractivity contribution is -0.151. The summed E-state index contributed by atoms with van der Waals surface area (Å²) in [6, 6.07) is 0. The van der Waals surface area contributed by atoms with Gasteiger partial charge in [-0.15, -0.1) is 0 Å². The monoisotopic (exact) mass is 322 g/mol. The zero-order valence-electron chi connectivity index (χ0n) is 15.7. The molecule has 0 heterocycles. The van der Waals surface area contributed by atoms with Crippen LogP contribution < -0.4 is 0 Å². The molecule has 0 spiro atoms. The van der Waals surface area contributed by atoms with Gasteiger partial charge in [0, 0.05) is 0 Å². The van der Waals surface area contributed by atoms with Gasteiger partial charge in [-0.1, -0.05) is 29.4 Å². The summed E-state index contributed by atoms with van der Waals surface area (Å²) in [5.74, 6) is -0.173. The lowest BCUT2D eigenvalue weighted by Gasteiger charge is -2.15. The lowest BCUT2D eigenvalue weighted by atomic mass is 9.97. The van der Waals surface area contributed by atoms with Gasteiger partial charge in [0.25, 0.3) is 0 Å². The van der Waals surface area contributed by atoms with Crippen molar-refractivity contribution in [2.75, 3.05) is 6.61 Å². The van der Waals surface area contributed by atoms with Crippen LogP contribution in [0.15, 0.2) is 35.5 Å². The molecule has 0 aliphatic carbocycles. The topological polar surface area (TPSA) is 46.5 Å². The molecule has 0 aromatic heterocycles. The number of allylic oxidation sites excluding steroid dienone is 3. The first kappa shape index (κ1) is 21.6. The molecule has 132 valence electrons. The van der Waals surface area contributed by atoms with Crippen molar-refractivity contribution in [1.82, 2.24) is 0 Å². The average molecular weight is 322 g/mol. The molecule has 0 rings (SSSR count). The van der Waals surface area contributed by atoms with E-state index in [4.69, 9.17) is 4.74 Å². The first-order chi connectivity index (χ1) is 10.5. The molecule has 1 unspecified atom stereocenters. The van der Waals surface area contributed by atoms with E-state index in [0.717, 1.165) is 31.3 Å². The maximum absolute atomic E-state index is 11.6. The molecule has 0 saturated carbocycles. The number of aliphatic hydroxyl groups is 1. The van der Waals surface area contributed by atoms with Crippen molar-refractivity contribution < 1.29 is 14.6 Å². The third-order valence-corrected chi connectivity index (χ3v) is 3.67. The minimum absolute atomic E-state index is 0.173. The normalized spacial score (nSPS) is 14.6. The molecule has 3 nitrogen and oxygen atoms in total. The standard InChI is InChI=1S/C20H34O3/c1-15(2)18(21)12-11-16(3)9-8-10-17(4)13-14-23-19(22)20(5,6)7/h9,13,18,21H,1,8,10-12,14H2,2-7H3. The van der Waals surface area contributed by atoms with Crippen LogP contribution in [0, 0.1) is 5.41 Å². The Labute approximate surface area is 142 Å². The molecule has 1 N–H and O–H groups in total. The van der Waals surface area contributed by atoms with Gasteiger partial charge >= 0.3 is 5.97 Å². The molecular formula is C20H34O3. The summed E-state index contributed by atoms with van der Waals surface area (Å²) in [6.07, 6.45) is 7.31. The van der Waals surface area contributed by atoms with Gasteiger partial charge in [0.1, 0.15) is 6.61 Å². The molecular weight excluding hydrogens is 288 g/mol. The van der Waals surface area contributed by atoms with E-state index in [1.54, 1.807) is 0 Å². The molecule has 3 heteroatoms. The zero-order valence-corrected chi connectivity index (χ0v) is 15.7. The Bertz CT molecular complexity index is 450. The first-order valence-corrected chi connectivity index (χ1v) is 8.36. The number of ether oxygens (including phenoxy) is 1. The minimum Gasteiger partial charge on any atom is -0.461 e. The van der Waals surface area contributed by atoms with Crippen molar-refractivity contribution in [3.05, 3.63) is 35.5 Å². The van der Waals surface area contributed by atoms with Gasteiger partial charge in [0.05, 0.1) is 11.5 Å². The highest BCUT2D eigenvalue weighted by molar-refractivity contribution is 5.75. The molecule has 0 bridgehead atoms. The van der Waals surface area contributed by atoms with Gasteiger partial charge in [0.2, 0.25) is 0 Å². The second-order valence-electron chi connectivity index (χ2n) is 7.39. The fourth-order valence-electron chi connectivity index (χ4n) is 1.84. The second-order valence-corrected chi connectivity index (χ2v) is 7.39. The largest absolute Gasteiger partial charge is 0.461 e. The van der Waals surface area contributed by atoms with Gasteiger partial charge < -0.3 is 9.84 Å². The molecule has 0 aliphatic heterocycles. The fraction of sp³-hybridized carbons (Fsp3) is 0.650. The zero-order chi connectivity index (χ0) is 18.0. The van der Waals surface area contributed by atoms with Crippen LogP contribution in [-0.4, -0.2) is 23.8 Å². The van der Waals surface area contributed by atoms with Crippen LogP contribution in [0.25, 0.3) is 0 Å². The van der Waals surface area contributed by atoms with Crippen LogP contribution in [0.3, 0.4) is 0 Å². The van der Waals surface area contributed by atoms with E-state index >= 15 is 0 Å². The molecule has 0 amide bonds. The fourth-order valence-corrected chi connectivity index (χ4v) is 1.84. The molecule has 0 aromatic carbocycles. The highest BCUT2D eigenvalue weighted by Gasteiger charge is 2.22. The summed E-state index contributed by atoms with van der Waals surface area (Å²) in [7, 11) is 0.